The van der Waals surface area contributed by atoms with Crippen LogP contribution in [-0.2, 0) is 4.79 Å². The first-order chi connectivity index (χ1) is 23.1. The fourth-order valence-corrected chi connectivity index (χ4v) is 6.54. The number of hydrogen-bond donors (Lipinski definition) is 0. The van der Waals surface area contributed by atoms with Crippen LogP contribution in [-0.4, -0.2) is 106 Å². The number of imidazole rings is 1. The van der Waals surface area contributed by atoms with Gasteiger partial charge in [0.25, 0.3) is 5.91 Å². The molecule has 1 saturated heterocycles. The quantitative estimate of drug-likeness (QED) is 0.200. The topological polar surface area (TPSA) is 92.6 Å². The van der Waals surface area contributed by atoms with E-state index in [1.165, 1.54) is 21.3 Å². The van der Waals surface area contributed by atoms with Crippen molar-refractivity contribution >= 4 is 40.4 Å². The predicted molar refractivity (Wildman–Crippen MR) is 190 cm³/mol. The maximum absolute atomic E-state index is 13.7. The van der Waals surface area contributed by atoms with Crippen LogP contribution in [0.25, 0.3) is 11.0 Å². The summed E-state index contributed by atoms with van der Waals surface area (Å²) < 4.78 is 18.3. The van der Waals surface area contributed by atoms with Gasteiger partial charge >= 0.3 is 0 Å². The van der Waals surface area contributed by atoms with Crippen LogP contribution in [0.3, 0.4) is 0 Å². The third-order valence-corrected chi connectivity index (χ3v) is 9.25. The second-order valence-electron chi connectivity index (χ2n) is 12.1. The lowest BCUT2D eigenvalue weighted by molar-refractivity contribution is -0.117. The molecule has 2 heterocycles. The van der Waals surface area contributed by atoms with Gasteiger partial charge in [0.15, 0.2) is 11.5 Å². The van der Waals surface area contributed by atoms with E-state index in [1.54, 1.807) is 36.0 Å². The smallest absolute Gasteiger partial charge is 0.253 e. The van der Waals surface area contributed by atoms with Crippen molar-refractivity contribution in [3.05, 3.63) is 76.8 Å². The molecule has 3 aromatic carbocycles. The summed E-state index contributed by atoms with van der Waals surface area (Å²) in [6, 6.07) is 19.2. The Morgan fingerprint density at radius 3 is 2.31 bits per heavy atom. The number of anilines is 1. The number of benzene rings is 3. The maximum atomic E-state index is 13.7. The molecule has 0 spiro atoms. The van der Waals surface area contributed by atoms with E-state index in [-0.39, 0.29) is 17.7 Å². The van der Waals surface area contributed by atoms with Crippen molar-refractivity contribution < 1.29 is 23.8 Å². The molecule has 0 saturated carbocycles. The fraction of sp³-hybridized carbons (Fsp3) is 0.417. The Morgan fingerprint density at radius 2 is 1.65 bits per heavy atom. The summed E-state index contributed by atoms with van der Waals surface area (Å²) in [6.07, 6.45) is 1.78. The van der Waals surface area contributed by atoms with Crippen LogP contribution in [0.2, 0.25) is 5.02 Å². The molecule has 1 aliphatic rings. The second kappa shape index (κ2) is 15.6. The number of aromatic nitrogens is 2. The lowest BCUT2D eigenvalue weighted by atomic mass is 9.94. The molecule has 0 aliphatic carbocycles. The molecule has 4 aromatic rings. The van der Waals surface area contributed by atoms with E-state index >= 15 is 0 Å². The van der Waals surface area contributed by atoms with E-state index in [0.717, 1.165) is 68.1 Å². The van der Waals surface area contributed by atoms with Crippen LogP contribution in [0.15, 0.2) is 60.7 Å². The number of fused-ring (bicyclic) bond motifs is 1. The summed E-state index contributed by atoms with van der Waals surface area (Å²) in [4.78, 5) is 37.6. The number of amides is 2. The number of methoxy groups -OCH3 is 3. The van der Waals surface area contributed by atoms with Gasteiger partial charge < -0.3 is 28.9 Å². The summed E-state index contributed by atoms with van der Waals surface area (Å²) in [5.74, 6) is 1.92. The molecule has 0 radical (unpaired) electrons. The minimum Gasteiger partial charge on any atom is -0.493 e. The number of rotatable bonds is 12. The number of carbonyl (C=O) groups is 2. The van der Waals surface area contributed by atoms with Gasteiger partial charge in [0, 0.05) is 63.7 Å². The zero-order valence-corrected chi connectivity index (χ0v) is 29.4. The van der Waals surface area contributed by atoms with Crippen molar-refractivity contribution in [2.75, 3.05) is 84.6 Å². The van der Waals surface area contributed by atoms with Crippen molar-refractivity contribution in [1.29, 1.82) is 0 Å². The van der Waals surface area contributed by atoms with Gasteiger partial charge in [-0.1, -0.05) is 35.9 Å². The van der Waals surface area contributed by atoms with Crippen LogP contribution < -0.4 is 24.1 Å². The summed E-state index contributed by atoms with van der Waals surface area (Å²) >= 11 is 6.44. The second-order valence-corrected chi connectivity index (χ2v) is 12.5. The first-order valence-corrected chi connectivity index (χ1v) is 16.5. The minimum atomic E-state index is -0.148. The maximum Gasteiger partial charge on any atom is 0.253 e. The lowest BCUT2D eigenvalue weighted by Gasteiger charge is -2.28. The number of nitrogens with zero attached hydrogens (tertiary/aromatic N) is 6. The van der Waals surface area contributed by atoms with Crippen molar-refractivity contribution in [3.8, 4) is 17.2 Å². The summed E-state index contributed by atoms with van der Waals surface area (Å²) in [5, 5.41) is 2.29. The number of carbonyl (C=O) groups excluding carboxylic acids is 2. The van der Waals surface area contributed by atoms with E-state index in [2.05, 4.69) is 15.9 Å². The van der Waals surface area contributed by atoms with Crippen LogP contribution in [0, 0.1) is 0 Å². The van der Waals surface area contributed by atoms with Gasteiger partial charge in [-0.3, -0.25) is 9.59 Å². The molecule has 1 aliphatic heterocycles. The van der Waals surface area contributed by atoms with Gasteiger partial charge in [-0.25, -0.2) is 14.7 Å². The van der Waals surface area contributed by atoms with Crippen LogP contribution >= 0.6 is 11.6 Å². The molecule has 2 amide bonds. The van der Waals surface area contributed by atoms with E-state index in [4.69, 9.17) is 30.8 Å². The van der Waals surface area contributed by atoms with Gasteiger partial charge in [0.05, 0.1) is 32.4 Å². The van der Waals surface area contributed by atoms with E-state index < -0.39 is 0 Å². The summed E-state index contributed by atoms with van der Waals surface area (Å²) in [7, 11) is 8.20. The first-order valence-electron chi connectivity index (χ1n) is 16.1. The molecule has 0 bridgehead atoms. The highest BCUT2D eigenvalue weighted by molar-refractivity contribution is 6.30. The van der Waals surface area contributed by atoms with Gasteiger partial charge in [0.2, 0.25) is 17.6 Å². The first kappa shape index (κ1) is 34.8. The Hall–Kier alpha value is -4.48. The number of likely N-dealkylation sites (N-methyl/N-ethyl adjacent to an activating group) is 1. The number of para-hydroxylation sites is 2. The molecule has 48 heavy (non-hydrogen) atoms. The van der Waals surface area contributed by atoms with Gasteiger partial charge in [-0.15, -0.1) is 0 Å². The Morgan fingerprint density at radius 1 is 0.917 bits per heavy atom. The highest BCUT2D eigenvalue weighted by Gasteiger charge is 2.26. The van der Waals surface area contributed by atoms with Gasteiger partial charge in [-0.2, -0.15) is 0 Å². The molecule has 1 aromatic heterocycles. The Labute approximate surface area is 287 Å². The van der Waals surface area contributed by atoms with Crippen LogP contribution in [0.5, 0.6) is 17.2 Å². The average molecular weight is 677 g/mol. The standard InChI is InChI=1S/C36H45ClN6O5/c1-25(44)40(3)43-31-14-8-7-13-30(31)38-36(43)42-17-10-16-41(19-20-42)18-15-27(26-11-9-12-29(37)21-26)24-39(2)35(45)28-22-32(46-4)34(48-6)33(23-28)47-5/h7-9,11-14,21-23,27H,10,15-20,24H2,1-6H3. The lowest BCUT2D eigenvalue weighted by Crippen LogP contribution is -2.39. The van der Waals surface area contributed by atoms with Crippen molar-refractivity contribution in [2.45, 2.75) is 25.7 Å². The molecule has 11 nitrogen and oxygen atoms in total. The zero-order valence-electron chi connectivity index (χ0n) is 28.6. The van der Waals surface area contributed by atoms with Gasteiger partial charge in [-0.05, 0) is 67.9 Å². The van der Waals surface area contributed by atoms with E-state index in [9.17, 15) is 9.59 Å². The molecule has 5 rings (SSSR count). The number of ether oxygens (including phenoxy) is 3. The number of halogens is 1. The van der Waals surface area contributed by atoms with Crippen molar-refractivity contribution in [2.24, 2.45) is 0 Å². The third-order valence-electron chi connectivity index (χ3n) is 9.01. The minimum absolute atomic E-state index is 0.0486. The summed E-state index contributed by atoms with van der Waals surface area (Å²) in [5.41, 5.74) is 3.30. The molecule has 1 fully saturated rings. The van der Waals surface area contributed by atoms with Crippen LogP contribution in [0.1, 0.15) is 41.6 Å². The van der Waals surface area contributed by atoms with E-state index in [1.807, 2.05) is 54.2 Å². The Kier molecular flexibility index (Phi) is 11.3. The Bertz CT molecular complexity index is 1720. The Balaban J connectivity index is 1.30. The molecule has 1 unspecified atom stereocenters. The fourth-order valence-electron chi connectivity index (χ4n) is 6.34. The van der Waals surface area contributed by atoms with Crippen LogP contribution in [0.4, 0.5) is 5.95 Å². The zero-order chi connectivity index (χ0) is 34.4. The van der Waals surface area contributed by atoms with Crippen molar-refractivity contribution in [3.63, 3.8) is 0 Å². The molecular weight excluding hydrogens is 632 g/mol. The SMILES string of the molecule is COc1cc(C(=O)N(C)CC(CCN2CCCN(c3nc4ccccc4n3N(C)C(C)=O)CC2)c2cccc(Cl)c2)cc(OC)c1OC. The molecule has 256 valence electrons. The van der Waals surface area contributed by atoms with Crippen molar-refractivity contribution in [1.82, 2.24) is 19.5 Å². The highest BCUT2D eigenvalue weighted by atomic mass is 35.5. The van der Waals surface area contributed by atoms with E-state index in [0.29, 0.717) is 34.4 Å². The summed E-state index contributed by atoms with van der Waals surface area (Å²) in [6.45, 7) is 6.29. The molecule has 0 N–H and O–H groups in total. The predicted octanol–water partition coefficient (Wildman–Crippen LogP) is 5.29. The average Bonchev–Trinajstić information content (AvgIpc) is 3.32. The molecule has 12 heteroatoms. The largest absolute Gasteiger partial charge is 0.493 e. The van der Waals surface area contributed by atoms with Gasteiger partial charge in [0.1, 0.15) is 0 Å². The third kappa shape index (κ3) is 7.63. The monoisotopic (exact) mass is 676 g/mol. The number of hydrogen-bond acceptors (Lipinski definition) is 8. The molecule has 1 atom stereocenters. The highest BCUT2D eigenvalue weighted by Crippen LogP contribution is 2.38. The molecular formula is C36H45ClN6O5. The normalized spacial score (nSPS) is 14.4.